The molecule has 0 aromatic carbocycles. The number of pyridine rings is 1. The lowest BCUT2D eigenvalue weighted by atomic mass is 10.2. The maximum absolute atomic E-state index is 5.52. The van der Waals surface area contributed by atoms with E-state index < -0.39 is 0 Å². The Morgan fingerprint density at radius 2 is 2.11 bits per heavy atom. The summed E-state index contributed by atoms with van der Waals surface area (Å²) in [5, 5.41) is 12.6. The molecule has 0 saturated carbocycles. The molecule has 27 heavy (non-hydrogen) atoms. The summed E-state index contributed by atoms with van der Waals surface area (Å²) in [6, 6.07) is 9.64. The first kappa shape index (κ1) is 17.9. The van der Waals surface area contributed by atoms with Gasteiger partial charge in [-0.05, 0) is 30.2 Å². The van der Waals surface area contributed by atoms with Gasteiger partial charge in [-0.1, -0.05) is 31.7 Å². The van der Waals surface area contributed by atoms with Gasteiger partial charge in [0.25, 0.3) is 0 Å². The first-order valence-electron chi connectivity index (χ1n) is 8.66. The number of hydrogen-bond acceptors (Lipinski definition) is 7. The zero-order valence-corrected chi connectivity index (χ0v) is 16.7. The normalized spacial score (nSPS) is 11.4. The molecule has 4 aromatic heterocycles. The predicted molar refractivity (Wildman–Crippen MR) is 107 cm³/mol. The van der Waals surface area contributed by atoms with Gasteiger partial charge in [0.05, 0.1) is 17.7 Å². The van der Waals surface area contributed by atoms with Gasteiger partial charge in [0.15, 0.2) is 16.7 Å². The van der Waals surface area contributed by atoms with Crippen molar-refractivity contribution in [3.8, 4) is 22.3 Å². The third-order valence-corrected chi connectivity index (χ3v) is 5.70. The zero-order valence-electron chi connectivity index (χ0n) is 15.1. The molecule has 0 aliphatic heterocycles. The lowest BCUT2D eigenvalue weighted by Crippen LogP contribution is -2.07. The molecule has 0 fully saturated rings. The van der Waals surface area contributed by atoms with Gasteiger partial charge < -0.3 is 4.42 Å². The van der Waals surface area contributed by atoms with Crippen LogP contribution in [0, 0.1) is 5.92 Å². The van der Waals surface area contributed by atoms with E-state index in [1.807, 2.05) is 30.3 Å². The molecule has 4 heterocycles. The number of hydrogen-bond donors (Lipinski definition) is 0. The summed E-state index contributed by atoms with van der Waals surface area (Å²) in [6.45, 7) is 5.20. The van der Waals surface area contributed by atoms with Gasteiger partial charge in [0, 0.05) is 23.9 Å². The number of thioether (sulfide) groups is 1. The molecule has 0 spiro atoms. The van der Waals surface area contributed by atoms with E-state index in [0.717, 1.165) is 45.4 Å². The van der Waals surface area contributed by atoms with Crippen molar-refractivity contribution in [2.24, 2.45) is 5.92 Å². The number of rotatable bonds is 7. The van der Waals surface area contributed by atoms with Gasteiger partial charge >= 0.3 is 0 Å². The highest BCUT2D eigenvalue weighted by molar-refractivity contribution is 7.98. The summed E-state index contributed by atoms with van der Waals surface area (Å²) in [5.74, 6) is 2.71. The highest BCUT2D eigenvalue weighted by Gasteiger charge is 2.18. The fraction of sp³-hybridized carbons (Fsp3) is 0.263. The fourth-order valence-corrected chi connectivity index (χ4v) is 4.37. The maximum Gasteiger partial charge on any atom is 0.200 e. The minimum absolute atomic E-state index is 0.476. The monoisotopic (exact) mass is 397 g/mol. The van der Waals surface area contributed by atoms with Crippen LogP contribution in [-0.2, 0) is 12.3 Å². The van der Waals surface area contributed by atoms with E-state index in [1.54, 1.807) is 35.6 Å². The molecule has 0 aliphatic carbocycles. The smallest absolute Gasteiger partial charge is 0.200 e. The van der Waals surface area contributed by atoms with Crippen molar-refractivity contribution in [2.75, 3.05) is 0 Å². The lowest BCUT2D eigenvalue weighted by Gasteiger charge is -2.11. The molecule has 8 heteroatoms. The Hall–Kier alpha value is -2.45. The molecule has 0 atom stereocenters. The minimum atomic E-state index is 0.476. The molecular weight excluding hydrogens is 378 g/mol. The molecule has 138 valence electrons. The number of nitrogens with zero attached hydrogens (tertiary/aromatic N) is 5. The minimum Gasteiger partial charge on any atom is -0.461 e. The largest absolute Gasteiger partial charge is 0.461 e. The summed E-state index contributed by atoms with van der Waals surface area (Å²) in [5.41, 5.74) is 1.92. The molecule has 0 unspecified atom stereocenters. The Morgan fingerprint density at radius 3 is 2.85 bits per heavy atom. The predicted octanol–water partition coefficient (Wildman–Crippen LogP) is 5.00. The Bertz CT molecular complexity index is 992. The van der Waals surface area contributed by atoms with Crippen molar-refractivity contribution in [3.63, 3.8) is 0 Å². The Morgan fingerprint density at radius 1 is 1.19 bits per heavy atom. The van der Waals surface area contributed by atoms with Crippen LogP contribution in [0.1, 0.15) is 19.5 Å². The molecular formula is C19H19N5OS2. The molecule has 0 N–H and O–H groups in total. The SMILES string of the molecule is CC(C)Cn1c(SCc2csc(-c3ccccn3)n2)nnc1-c1ccco1. The standard InChI is InChI=1S/C19H19N5OS2/c1-13(2)10-24-17(16-7-5-9-25-16)22-23-19(24)27-12-14-11-26-18(21-14)15-6-3-4-8-20-15/h3-9,11,13H,10,12H2,1-2H3. The van der Waals surface area contributed by atoms with Crippen LogP contribution >= 0.6 is 23.1 Å². The average Bonchev–Trinajstić information content (AvgIpc) is 3.41. The molecule has 0 saturated heterocycles. The summed E-state index contributed by atoms with van der Waals surface area (Å²) in [4.78, 5) is 9.07. The Kier molecular flexibility index (Phi) is 5.35. The van der Waals surface area contributed by atoms with E-state index >= 15 is 0 Å². The van der Waals surface area contributed by atoms with Gasteiger partial charge in [-0.3, -0.25) is 9.55 Å². The second kappa shape index (κ2) is 8.06. The molecule has 4 rings (SSSR count). The van der Waals surface area contributed by atoms with Crippen molar-refractivity contribution in [1.29, 1.82) is 0 Å². The van der Waals surface area contributed by atoms with Crippen molar-refractivity contribution in [3.05, 3.63) is 53.9 Å². The van der Waals surface area contributed by atoms with Crippen molar-refractivity contribution < 1.29 is 4.42 Å². The van der Waals surface area contributed by atoms with Crippen molar-refractivity contribution in [2.45, 2.75) is 31.3 Å². The summed E-state index contributed by atoms with van der Waals surface area (Å²) in [6.07, 6.45) is 3.45. The van der Waals surface area contributed by atoms with E-state index in [4.69, 9.17) is 9.40 Å². The molecule has 0 amide bonds. The fourth-order valence-electron chi connectivity index (χ4n) is 2.63. The average molecular weight is 398 g/mol. The van der Waals surface area contributed by atoms with Crippen molar-refractivity contribution >= 4 is 23.1 Å². The second-order valence-corrected chi connectivity index (χ2v) is 8.24. The van der Waals surface area contributed by atoms with E-state index in [9.17, 15) is 0 Å². The third kappa shape index (κ3) is 4.12. The molecule has 0 radical (unpaired) electrons. The first-order valence-corrected chi connectivity index (χ1v) is 10.5. The highest BCUT2D eigenvalue weighted by Crippen LogP contribution is 2.29. The van der Waals surface area contributed by atoms with Gasteiger partial charge in [-0.25, -0.2) is 4.98 Å². The topological polar surface area (TPSA) is 69.6 Å². The Labute approximate surface area is 165 Å². The third-order valence-electron chi connectivity index (χ3n) is 3.79. The lowest BCUT2D eigenvalue weighted by molar-refractivity contribution is 0.489. The van der Waals surface area contributed by atoms with Crippen LogP contribution in [0.25, 0.3) is 22.3 Å². The van der Waals surface area contributed by atoms with E-state index in [1.165, 1.54) is 0 Å². The number of aromatic nitrogens is 5. The van der Waals surface area contributed by atoms with Gasteiger partial charge in [0.2, 0.25) is 0 Å². The summed E-state index contributed by atoms with van der Waals surface area (Å²) in [7, 11) is 0. The molecule has 0 bridgehead atoms. The molecule has 0 aliphatic rings. The highest BCUT2D eigenvalue weighted by atomic mass is 32.2. The summed E-state index contributed by atoms with van der Waals surface area (Å²) >= 11 is 3.25. The van der Waals surface area contributed by atoms with E-state index in [-0.39, 0.29) is 0 Å². The zero-order chi connectivity index (χ0) is 18.6. The molecule has 6 nitrogen and oxygen atoms in total. The number of thiazole rings is 1. The first-order chi connectivity index (χ1) is 13.2. The van der Waals surface area contributed by atoms with Crippen LogP contribution < -0.4 is 0 Å². The summed E-state index contributed by atoms with van der Waals surface area (Å²) < 4.78 is 7.65. The van der Waals surface area contributed by atoms with Gasteiger partial charge in [-0.15, -0.1) is 21.5 Å². The number of furan rings is 1. The van der Waals surface area contributed by atoms with Crippen LogP contribution in [-0.4, -0.2) is 24.7 Å². The van der Waals surface area contributed by atoms with Gasteiger partial charge in [0.1, 0.15) is 5.01 Å². The van der Waals surface area contributed by atoms with Gasteiger partial charge in [-0.2, -0.15) is 0 Å². The maximum atomic E-state index is 5.52. The Balaban J connectivity index is 1.52. The quantitative estimate of drug-likeness (QED) is 0.409. The van der Waals surface area contributed by atoms with E-state index in [0.29, 0.717) is 5.92 Å². The second-order valence-electron chi connectivity index (χ2n) is 6.44. The van der Waals surface area contributed by atoms with E-state index in [2.05, 4.69) is 39.0 Å². The van der Waals surface area contributed by atoms with Crippen LogP contribution in [0.4, 0.5) is 0 Å². The van der Waals surface area contributed by atoms with Crippen LogP contribution in [0.5, 0.6) is 0 Å². The van der Waals surface area contributed by atoms with Crippen molar-refractivity contribution in [1.82, 2.24) is 24.7 Å². The van der Waals surface area contributed by atoms with Crippen LogP contribution in [0.2, 0.25) is 0 Å². The van der Waals surface area contributed by atoms with Crippen LogP contribution in [0.3, 0.4) is 0 Å². The molecule has 4 aromatic rings. The van der Waals surface area contributed by atoms with Crippen LogP contribution in [0.15, 0.2) is 57.7 Å².